The zero-order chi connectivity index (χ0) is 18.4. The minimum absolute atomic E-state index is 0.0162. The van der Waals surface area contributed by atoms with E-state index in [4.69, 9.17) is 14.6 Å². The van der Waals surface area contributed by atoms with Crippen LogP contribution in [-0.2, 0) is 9.84 Å². The van der Waals surface area contributed by atoms with Crippen molar-refractivity contribution in [1.82, 2.24) is 0 Å². The number of hydrogen-bond donors (Lipinski definition) is 2. The average molecular weight is 366 g/mol. The molecule has 0 heterocycles. The van der Waals surface area contributed by atoms with Gasteiger partial charge in [0.05, 0.1) is 37.2 Å². The zero-order valence-electron chi connectivity index (χ0n) is 13.7. The van der Waals surface area contributed by atoms with E-state index in [0.29, 0.717) is 11.4 Å². The first-order chi connectivity index (χ1) is 11.9. The number of ether oxygens (including phenoxy) is 2. The van der Waals surface area contributed by atoms with Crippen LogP contribution in [0.2, 0.25) is 0 Å². The van der Waals surface area contributed by atoms with E-state index in [1.165, 1.54) is 44.6 Å². The second-order valence-electron chi connectivity index (χ2n) is 4.93. The van der Waals surface area contributed by atoms with Crippen LogP contribution >= 0.6 is 0 Å². The Bertz CT molecular complexity index is 880. The smallest absolute Gasteiger partial charge is 0.180 e. The van der Waals surface area contributed by atoms with Crippen molar-refractivity contribution in [3.8, 4) is 17.2 Å². The van der Waals surface area contributed by atoms with Gasteiger partial charge in [-0.05, 0) is 24.3 Å². The molecule has 0 aliphatic rings. The maximum Gasteiger partial charge on any atom is 0.180 e. The van der Waals surface area contributed by atoms with Crippen molar-refractivity contribution in [1.29, 1.82) is 0 Å². The summed E-state index contributed by atoms with van der Waals surface area (Å²) >= 11 is 0. The molecule has 0 saturated carbocycles. The van der Waals surface area contributed by atoms with E-state index < -0.39 is 16.4 Å². The lowest BCUT2D eigenvalue weighted by Crippen LogP contribution is -2.10. The number of rotatable bonds is 7. The molecule has 0 bridgehead atoms. The number of aromatic hydroxyl groups is 1. The van der Waals surface area contributed by atoms with Gasteiger partial charge in [0.1, 0.15) is 11.4 Å². The van der Waals surface area contributed by atoms with Crippen LogP contribution in [0, 0.1) is 0 Å². The molecule has 0 fully saturated rings. The number of sulfone groups is 1. The number of aliphatic hydroxyl groups is 1. The van der Waals surface area contributed by atoms with E-state index >= 15 is 0 Å². The highest BCUT2D eigenvalue weighted by molar-refractivity contribution is 7.91. The van der Waals surface area contributed by atoms with Gasteiger partial charge < -0.3 is 19.7 Å². The van der Waals surface area contributed by atoms with E-state index in [2.05, 4.69) is 10.2 Å². The number of phenols is 1. The fourth-order valence-corrected chi connectivity index (χ4v) is 3.05. The van der Waals surface area contributed by atoms with E-state index in [0.717, 1.165) is 0 Å². The summed E-state index contributed by atoms with van der Waals surface area (Å²) in [4.78, 5) is 0.0312. The Labute approximate surface area is 145 Å². The number of aliphatic hydroxyl groups excluding tert-OH is 1. The minimum atomic E-state index is -3.59. The fourth-order valence-electron chi connectivity index (χ4n) is 2.01. The van der Waals surface area contributed by atoms with Crippen LogP contribution in [0.25, 0.3) is 0 Å². The van der Waals surface area contributed by atoms with Crippen molar-refractivity contribution < 1.29 is 28.1 Å². The summed E-state index contributed by atoms with van der Waals surface area (Å²) in [5, 5.41) is 26.5. The normalized spacial score (nSPS) is 11.6. The number of nitrogens with zero attached hydrogens (tertiary/aromatic N) is 2. The molecule has 0 aliphatic heterocycles. The molecule has 0 aliphatic carbocycles. The van der Waals surface area contributed by atoms with Crippen molar-refractivity contribution in [3.63, 3.8) is 0 Å². The summed E-state index contributed by atoms with van der Waals surface area (Å²) in [6, 6.07) is 8.65. The van der Waals surface area contributed by atoms with E-state index in [1.54, 1.807) is 6.07 Å². The predicted octanol–water partition coefficient (Wildman–Crippen LogP) is 2.59. The van der Waals surface area contributed by atoms with Crippen molar-refractivity contribution in [2.75, 3.05) is 26.6 Å². The van der Waals surface area contributed by atoms with Crippen molar-refractivity contribution in [2.45, 2.75) is 4.90 Å². The van der Waals surface area contributed by atoms with Gasteiger partial charge in [0.15, 0.2) is 21.3 Å². The number of methoxy groups -OCH3 is 2. The summed E-state index contributed by atoms with van der Waals surface area (Å²) in [6.45, 7) is -0.463. The number of azo groups is 1. The second-order valence-corrected chi connectivity index (χ2v) is 7.04. The molecular weight excluding hydrogens is 348 g/mol. The largest absolute Gasteiger partial charge is 0.504 e. The lowest BCUT2D eigenvalue weighted by Gasteiger charge is -2.07. The van der Waals surface area contributed by atoms with Crippen LogP contribution in [0.15, 0.2) is 51.5 Å². The molecule has 25 heavy (non-hydrogen) atoms. The van der Waals surface area contributed by atoms with Crippen LogP contribution in [-0.4, -0.2) is 45.2 Å². The highest BCUT2D eigenvalue weighted by atomic mass is 32.2. The lowest BCUT2D eigenvalue weighted by atomic mass is 10.3. The SMILES string of the molecule is COc1cc(N=Nc2ccc(S(=O)(=O)CCO)cc2OC)ccc1O. The molecule has 0 saturated heterocycles. The van der Waals surface area contributed by atoms with Gasteiger partial charge in [0, 0.05) is 12.1 Å². The van der Waals surface area contributed by atoms with Gasteiger partial charge in [-0.15, -0.1) is 5.11 Å². The van der Waals surface area contributed by atoms with E-state index in [9.17, 15) is 13.5 Å². The Hall–Kier alpha value is -2.65. The van der Waals surface area contributed by atoms with E-state index in [1.807, 2.05) is 0 Å². The highest BCUT2D eigenvalue weighted by Crippen LogP contribution is 2.34. The Kier molecular flexibility index (Phi) is 5.94. The summed E-state index contributed by atoms with van der Waals surface area (Å²) in [6.07, 6.45) is 0. The van der Waals surface area contributed by atoms with Crippen molar-refractivity contribution in [3.05, 3.63) is 36.4 Å². The van der Waals surface area contributed by atoms with Crippen LogP contribution in [0.3, 0.4) is 0 Å². The Morgan fingerprint density at radius 1 is 1.00 bits per heavy atom. The Balaban J connectivity index is 2.34. The van der Waals surface area contributed by atoms with Crippen molar-refractivity contribution >= 4 is 21.2 Å². The molecule has 2 aromatic rings. The van der Waals surface area contributed by atoms with Gasteiger partial charge in [-0.25, -0.2) is 8.42 Å². The molecule has 2 N–H and O–H groups in total. The first-order valence-electron chi connectivity index (χ1n) is 7.21. The maximum atomic E-state index is 12.0. The predicted molar refractivity (Wildman–Crippen MR) is 91.0 cm³/mol. The third-order valence-electron chi connectivity index (χ3n) is 3.31. The summed E-state index contributed by atoms with van der Waals surface area (Å²) in [7, 11) is -0.777. The van der Waals surface area contributed by atoms with Gasteiger partial charge >= 0.3 is 0 Å². The van der Waals surface area contributed by atoms with Crippen LogP contribution in [0.1, 0.15) is 0 Å². The zero-order valence-corrected chi connectivity index (χ0v) is 14.5. The summed E-state index contributed by atoms with van der Waals surface area (Å²) in [5.41, 5.74) is 0.770. The molecule has 0 unspecified atom stereocenters. The Morgan fingerprint density at radius 2 is 1.72 bits per heavy atom. The lowest BCUT2D eigenvalue weighted by molar-refractivity contribution is 0.319. The van der Waals surface area contributed by atoms with Crippen molar-refractivity contribution in [2.24, 2.45) is 10.2 Å². The van der Waals surface area contributed by atoms with Gasteiger partial charge in [-0.1, -0.05) is 0 Å². The number of hydrogen-bond acceptors (Lipinski definition) is 8. The van der Waals surface area contributed by atoms with Gasteiger partial charge in [-0.2, -0.15) is 5.11 Å². The number of benzene rings is 2. The van der Waals surface area contributed by atoms with Crippen LogP contribution in [0.4, 0.5) is 11.4 Å². The molecule has 9 heteroatoms. The Morgan fingerprint density at radius 3 is 2.36 bits per heavy atom. The first kappa shape index (κ1) is 18.7. The molecule has 2 aromatic carbocycles. The second kappa shape index (κ2) is 7.95. The topological polar surface area (TPSA) is 118 Å². The van der Waals surface area contributed by atoms with Gasteiger partial charge in [-0.3, -0.25) is 0 Å². The molecule has 2 rings (SSSR count). The molecule has 0 spiro atoms. The highest BCUT2D eigenvalue weighted by Gasteiger charge is 2.16. The summed E-state index contributed by atoms with van der Waals surface area (Å²) < 4.78 is 34.1. The van der Waals surface area contributed by atoms with Gasteiger partial charge in [0.2, 0.25) is 0 Å². The average Bonchev–Trinajstić information content (AvgIpc) is 2.60. The molecule has 0 aromatic heterocycles. The standard InChI is InChI=1S/C16H18N2O6S/c1-23-15-10-12(25(21,22)8-7-19)4-5-13(15)18-17-11-3-6-14(20)16(9-11)24-2/h3-6,9-10,19-20H,7-8H2,1-2H3. The molecule has 0 amide bonds. The fraction of sp³-hybridized carbons (Fsp3) is 0.250. The third kappa shape index (κ3) is 4.46. The molecule has 8 nitrogen and oxygen atoms in total. The molecular formula is C16H18N2O6S. The third-order valence-corrected chi connectivity index (χ3v) is 5.00. The maximum absolute atomic E-state index is 12.0. The first-order valence-corrected chi connectivity index (χ1v) is 8.87. The monoisotopic (exact) mass is 366 g/mol. The summed E-state index contributed by atoms with van der Waals surface area (Å²) in [5.74, 6) is 0.101. The van der Waals surface area contributed by atoms with Gasteiger partial charge in [0.25, 0.3) is 0 Å². The quantitative estimate of drug-likeness (QED) is 0.727. The van der Waals surface area contributed by atoms with Crippen LogP contribution < -0.4 is 9.47 Å². The number of phenolic OH excluding ortho intramolecular Hbond substituents is 1. The van der Waals surface area contributed by atoms with Crippen LogP contribution in [0.5, 0.6) is 17.2 Å². The molecule has 134 valence electrons. The molecule has 0 radical (unpaired) electrons. The minimum Gasteiger partial charge on any atom is -0.504 e. The van der Waals surface area contributed by atoms with E-state index in [-0.39, 0.29) is 27.9 Å². The molecule has 0 atom stereocenters.